The fourth-order valence-electron chi connectivity index (χ4n) is 3.82. The molecule has 0 bridgehead atoms. The molecule has 1 aromatic heterocycles. The van der Waals surface area contributed by atoms with E-state index in [1.165, 1.54) is 0 Å². The number of halogens is 3. The van der Waals surface area contributed by atoms with E-state index in [1.54, 1.807) is 36.5 Å². The van der Waals surface area contributed by atoms with Gasteiger partial charge in [-0.1, -0.05) is 42.3 Å². The number of hydrogen-bond donors (Lipinski definition) is 0. The van der Waals surface area contributed by atoms with Gasteiger partial charge in [-0.15, -0.1) is 0 Å². The van der Waals surface area contributed by atoms with Crippen molar-refractivity contribution in [3.8, 4) is 0 Å². The fourth-order valence-corrected chi connectivity index (χ4v) is 4.42. The van der Waals surface area contributed by atoms with E-state index in [0.29, 0.717) is 34.3 Å². The van der Waals surface area contributed by atoms with Crippen LogP contribution in [0.2, 0.25) is 10.0 Å². The molecule has 3 nitrogen and oxygen atoms in total. The summed E-state index contributed by atoms with van der Waals surface area (Å²) in [6, 6.07) is 8.47. The van der Waals surface area contributed by atoms with Crippen LogP contribution in [0, 0.1) is 0 Å². The van der Waals surface area contributed by atoms with Crippen molar-refractivity contribution >= 4 is 29.0 Å². The number of Topliss-reactive ketones (excluding diaryl/α,β-unsaturated/α-hetero) is 1. The van der Waals surface area contributed by atoms with Gasteiger partial charge in [0.25, 0.3) is 0 Å². The van der Waals surface area contributed by atoms with Crippen molar-refractivity contribution in [2.45, 2.75) is 43.4 Å². The maximum absolute atomic E-state index is 15.9. The van der Waals surface area contributed by atoms with Crippen LogP contribution in [0.15, 0.2) is 36.5 Å². The second kappa shape index (κ2) is 6.29. The quantitative estimate of drug-likeness (QED) is 0.658. The van der Waals surface area contributed by atoms with E-state index >= 15 is 4.39 Å². The largest absolute Gasteiger partial charge is 0.363 e. The molecule has 0 amide bonds. The molecule has 4 rings (SSSR count). The molecule has 1 fully saturated rings. The molecule has 0 N–H and O–H groups in total. The number of fused-ring (bicyclic) bond motifs is 2. The Balaban J connectivity index is 1.62. The normalized spacial score (nSPS) is 27.8. The number of rotatable bonds is 4. The molecule has 1 saturated heterocycles. The Labute approximate surface area is 161 Å². The van der Waals surface area contributed by atoms with Gasteiger partial charge in [-0.2, -0.15) is 0 Å². The van der Waals surface area contributed by atoms with Gasteiger partial charge in [-0.3, -0.25) is 9.78 Å². The molecular formula is C20H18Cl2FNO2. The number of carbonyl (C=O) groups excluding carboxylic acids is 1. The van der Waals surface area contributed by atoms with E-state index in [2.05, 4.69) is 4.98 Å². The molecule has 2 heterocycles. The van der Waals surface area contributed by atoms with Gasteiger partial charge in [-0.05, 0) is 42.5 Å². The highest BCUT2D eigenvalue weighted by atomic mass is 35.5. The van der Waals surface area contributed by atoms with Gasteiger partial charge < -0.3 is 4.74 Å². The molecule has 3 atom stereocenters. The van der Waals surface area contributed by atoms with Crippen molar-refractivity contribution in [3.05, 3.63) is 63.4 Å². The van der Waals surface area contributed by atoms with Crippen LogP contribution in [0.4, 0.5) is 4.39 Å². The first kappa shape index (κ1) is 17.9. The predicted octanol–water partition coefficient (Wildman–Crippen LogP) is 5.34. The zero-order chi connectivity index (χ0) is 18.5. The lowest BCUT2D eigenvalue weighted by Crippen LogP contribution is -2.39. The highest BCUT2D eigenvalue weighted by molar-refractivity contribution is 6.35. The van der Waals surface area contributed by atoms with Gasteiger partial charge in [-0.25, -0.2) is 4.39 Å². The Morgan fingerprint density at radius 3 is 2.81 bits per heavy atom. The zero-order valence-electron chi connectivity index (χ0n) is 14.3. The molecule has 0 unspecified atom stereocenters. The molecule has 26 heavy (non-hydrogen) atoms. The van der Waals surface area contributed by atoms with Gasteiger partial charge in [0.15, 0.2) is 11.5 Å². The molecule has 1 aliphatic heterocycles. The standard InChI is InChI=1S/C20H18Cl2FNO2/c1-12(14-5-4-13(21)10-16(14)22)9-17(25)20(23)7-6-19(11-26-19)18-15(20)3-2-8-24-18/h2-5,8,10,12H,6-7,9,11H2,1H3/t12-,19-,20+/m1/s1. The highest BCUT2D eigenvalue weighted by Gasteiger charge is 2.58. The summed E-state index contributed by atoms with van der Waals surface area (Å²) in [7, 11) is 0. The number of alkyl halides is 1. The molecule has 0 radical (unpaired) electrons. The van der Waals surface area contributed by atoms with Crippen LogP contribution in [-0.4, -0.2) is 17.4 Å². The third-order valence-corrected chi connectivity index (χ3v) is 6.02. The van der Waals surface area contributed by atoms with Crippen molar-refractivity contribution < 1.29 is 13.9 Å². The predicted molar refractivity (Wildman–Crippen MR) is 98.4 cm³/mol. The summed E-state index contributed by atoms with van der Waals surface area (Å²) in [6.45, 7) is 2.41. The summed E-state index contributed by atoms with van der Waals surface area (Å²) in [4.78, 5) is 17.3. The third kappa shape index (κ3) is 2.84. The summed E-state index contributed by atoms with van der Waals surface area (Å²) in [6.07, 6.45) is 2.26. The summed E-state index contributed by atoms with van der Waals surface area (Å²) in [5, 5.41) is 1.02. The van der Waals surface area contributed by atoms with Crippen molar-refractivity contribution in [3.63, 3.8) is 0 Å². The zero-order valence-corrected chi connectivity index (χ0v) is 15.8. The van der Waals surface area contributed by atoms with Crippen molar-refractivity contribution in [2.75, 3.05) is 6.61 Å². The van der Waals surface area contributed by atoms with E-state index in [0.717, 1.165) is 5.56 Å². The number of aromatic nitrogens is 1. The van der Waals surface area contributed by atoms with Gasteiger partial charge in [0.05, 0.1) is 12.3 Å². The minimum absolute atomic E-state index is 0.0556. The smallest absolute Gasteiger partial charge is 0.195 e. The average molecular weight is 394 g/mol. The number of benzene rings is 1. The Kier molecular flexibility index (Phi) is 4.33. The van der Waals surface area contributed by atoms with Crippen molar-refractivity contribution in [2.24, 2.45) is 0 Å². The van der Waals surface area contributed by atoms with Gasteiger partial charge in [0.2, 0.25) is 0 Å². The number of ketones is 1. The van der Waals surface area contributed by atoms with Crippen LogP contribution >= 0.6 is 23.2 Å². The van der Waals surface area contributed by atoms with E-state index in [-0.39, 0.29) is 18.8 Å². The molecule has 1 aromatic carbocycles. The number of ether oxygens (including phenoxy) is 1. The molecule has 0 saturated carbocycles. The van der Waals surface area contributed by atoms with Crippen LogP contribution in [0.5, 0.6) is 0 Å². The van der Waals surface area contributed by atoms with Crippen LogP contribution in [-0.2, 0) is 20.8 Å². The number of hydrogen-bond acceptors (Lipinski definition) is 3. The average Bonchev–Trinajstić information content (AvgIpc) is 3.39. The van der Waals surface area contributed by atoms with Gasteiger partial charge in [0, 0.05) is 28.2 Å². The maximum atomic E-state index is 15.9. The highest BCUT2D eigenvalue weighted by Crippen LogP contribution is 2.54. The van der Waals surface area contributed by atoms with E-state index in [1.807, 2.05) is 6.92 Å². The monoisotopic (exact) mass is 393 g/mol. The van der Waals surface area contributed by atoms with Crippen LogP contribution in [0.25, 0.3) is 0 Å². The molecule has 2 aromatic rings. The number of pyridine rings is 1. The number of carbonyl (C=O) groups is 1. The van der Waals surface area contributed by atoms with Gasteiger partial charge in [0.1, 0.15) is 5.60 Å². The lowest BCUT2D eigenvalue weighted by atomic mass is 9.73. The van der Waals surface area contributed by atoms with E-state index < -0.39 is 17.1 Å². The molecule has 2 aliphatic rings. The molecule has 1 spiro atoms. The molecule has 6 heteroatoms. The van der Waals surface area contributed by atoms with Crippen LogP contribution < -0.4 is 0 Å². The van der Waals surface area contributed by atoms with Gasteiger partial charge >= 0.3 is 0 Å². The summed E-state index contributed by atoms with van der Waals surface area (Å²) < 4.78 is 21.4. The Hall–Kier alpha value is -1.49. The summed E-state index contributed by atoms with van der Waals surface area (Å²) in [5.74, 6) is -0.658. The molecule has 136 valence electrons. The maximum Gasteiger partial charge on any atom is 0.195 e. The third-order valence-electron chi connectivity index (χ3n) is 5.46. The second-order valence-electron chi connectivity index (χ2n) is 7.18. The second-order valence-corrected chi connectivity index (χ2v) is 8.02. The van der Waals surface area contributed by atoms with E-state index in [9.17, 15) is 4.79 Å². The SMILES string of the molecule is C[C@H](CC(=O)[C@]1(F)CC[C@@]2(CO2)c2ncccc21)c1ccc(Cl)cc1Cl. The minimum Gasteiger partial charge on any atom is -0.363 e. The topological polar surface area (TPSA) is 42.5 Å². The first-order valence-corrected chi connectivity index (χ1v) is 9.38. The minimum atomic E-state index is -2.03. The fraction of sp³-hybridized carbons (Fsp3) is 0.400. The first-order valence-electron chi connectivity index (χ1n) is 8.63. The molecule has 1 aliphatic carbocycles. The van der Waals surface area contributed by atoms with Crippen LogP contribution in [0.1, 0.15) is 48.9 Å². The molecular weight excluding hydrogens is 376 g/mol. The van der Waals surface area contributed by atoms with Crippen molar-refractivity contribution in [1.82, 2.24) is 4.98 Å². The number of nitrogens with zero attached hydrogens (tertiary/aromatic N) is 1. The van der Waals surface area contributed by atoms with Crippen LogP contribution in [0.3, 0.4) is 0 Å². The number of epoxide rings is 1. The summed E-state index contributed by atoms with van der Waals surface area (Å²) >= 11 is 12.2. The first-order chi connectivity index (χ1) is 12.4. The Bertz CT molecular complexity index is 884. The lowest BCUT2D eigenvalue weighted by molar-refractivity contribution is -0.133. The lowest BCUT2D eigenvalue weighted by Gasteiger charge is -2.33. The van der Waals surface area contributed by atoms with Crippen molar-refractivity contribution in [1.29, 1.82) is 0 Å². The summed E-state index contributed by atoms with van der Waals surface area (Å²) in [5.41, 5.74) is -0.814. The van der Waals surface area contributed by atoms with E-state index in [4.69, 9.17) is 27.9 Å². The Morgan fingerprint density at radius 1 is 1.35 bits per heavy atom. The Morgan fingerprint density at radius 2 is 2.12 bits per heavy atom.